The Balaban J connectivity index is 2.70. The van der Waals surface area contributed by atoms with Crippen LogP contribution in [0.4, 0.5) is 0 Å². The van der Waals surface area contributed by atoms with Crippen LogP contribution in [0, 0.1) is 0 Å². The van der Waals surface area contributed by atoms with Crippen molar-refractivity contribution in [2.24, 2.45) is 0 Å². The number of ether oxygens (including phenoxy) is 1. The summed E-state index contributed by atoms with van der Waals surface area (Å²) in [6.45, 7) is 2.65. The minimum Gasteiger partial charge on any atom is -0.497 e. The fraction of sp³-hybridized carbons (Fsp3) is 0.429. The standard InChI is InChI=1S/C14H19NO3/c1-4-5-10-15(2)14(17)13(16)11-6-8-12(18-3)9-7-11/h6-9H,4-5,10H2,1-3H3. The van der Waals surface area contributed by atoms with E-state index in [0.717, 1.165) is 12.8 Å². The molecule has 0 atom stereocenters. The van der Waals surface area contributed by atoms with E-state index in [0.29, 0.717) is 17.9 Å². The molecule has 4 heteroatoms. The molecule has 0 aliphatic heterocycles. The largest absolute Gasteiger partial charge is 0.497 e. The van der Waals surface area contributed by atoms with E-state index in [1.807, 2.05) is 6.92 Å². The highest BCUT2D eigenvalue weighted by Gasteiger charge is 2.19. The summed E-state index contributed by atoms with van der Waals surface area (Å²) >= 11 is 0. The Kier molecular flexibility index (Phi) is 5.36. The molecule has 0 spiro atoms. The fourth-order valence-electron chi connectivity index (χ4n) is 1.54. The lowest BCUT2D eigenvalue weighted by Crippen LogP contribution is -2.34. The second-order valence-electron chi connectivity index (χ2n) is 4.14. The van der Waals surface area contributed by atoms with Crippen LogP contribution in [-0.2, 0) is 4.79 Å². The van der Waals surface area contributed by atoms with Crippen molar-refractivity contribution in [3.05, 3.63) is 29.8 Å². The van der Waals surface area contributed by atoms with Crippen molar-refractivity contribution in [1.82, 2.24) is 4.90 Å². The Morgan fingerprint density at radius 3 is 2.33 bits per heavy atom. The molecule has 0 unspecified atom stereocenters. The molecule has 0 aliphatic rings. The smallest absolute Gasteiger partial charge is 0.294 e. The highest BCUT2D eigenvalue weighted by Crippen LogP contribution is 2.12. The number of Topliss-reactive ketones (excluding diaryl/α,β-unsaturated/α-hetero) is 1. The summed E-state index contributed by atoms with van der Waals surface area (Å²) in [4.78, 5) is 25.2. The van der Waals surface area contributed by atoms with Crippen LogP contribution < -0.4 is 4.74 Å². The van der Waals surface area contributed by atoms with E-state index >= 15 is 0 Å². The van der Waals surface area contributed by atoms with Gasteiger partial charge in [0.2, 0.25) is 5.78 Å². The third-order valence-corrected chi connectivity index (χ3v) is 2.74. The molecule has 0 fully saturated rings. The second-order valence-corrected chi connectivity index (χ2v) is 4.14. The molecule has 1 rings (SSSR count). The van der Waals surface area contributed by atoms with Gasteiger partial charge in [-0.1, -0.05) is 13.3 Å². The van der Waals surface area contributed by atoms with Gasteiger partial charge in [0, 0.05) is 19.2 Å². The predicted octanol–water partition coefficient (Wildman–Crippen LogP) is 2.14. The summed E-state index contributed by atoms with van der Waals surface area (Å²) < 4.78 is 5.00. The Morgan fingerprint density at radius 1 is 1.22 bits per heavy atom. The number of carbonyl (C=O) groups excluding carboxylic acids is 2. The Hall–Kier alpha value is -1.84. The van der Waals surface area contributed by atoms with Crippen LogP contribution in [0.15, 0.2) is 24.3 Å². The zero-order valence-electron chi connectivity index (χ0n) is 11.1. The minimum absolute atomic E-state index is 0.393. The number of nitrogens with zero attached hydrogens (tertiary/aromatic N) is 1. The number of hydrogen-bond acceptors (Lipinski definition) is 3. The first-order chi connectivity index (χ1) is 8.60. The van der Waals surface area contributed by atoms with Crippen LogP contribution in [0.5, 0.6) is 5.75 Å². The highest BCUT2D eigenvalue weighted by atomic mass is 16.5. The van der Waals surface area contributed by atoms with E-state index in [9.17, 15) is 9.59 Å². The van der Waals surface area contributed by atoms with E-state index in [-0.39, 0.29) is 0 Å². The van der Waals surface area contributed by atoms with Gasteiger partial charge in [0.25, 0.3) is 5.91 Å². The predicted molar refractivity (Wildman–Crippen MR) is 69.9 cm³/mol. The van der Waals surface area contributed by atoms with Gasteiger partial charge in [-0.05, 0) is 30.7 Å². The van der Waals surface area contributed by atoms with Crippen molar-refractivity contribution < 1.29 is 14.3 Å². The number of ketones is 1. The first-order valence-corrected chi connectivity index (χ1v) is 6.04. The van der Waals surface area contributed by atoms with Crippen molar-refractivity contribution in [2.75, 3.05) is 20.7 Å². The zero-order valence-corrected chi connectivity index (χ0v) is 11.1. The molecule has 1 amide bonds. The summed E-state index contributed by atoms with van der Waals surface area (Å²) in [5.74, 6) is -0.275. The highest BCUT2D eigenvalue weighted by molar-refractivity contribution is 6.42. The monoisotopic (exact) mass is 249 g/mol. The van der Waals surface area contributed by atoms with Gasteiger partial charge in [-0.2, -0.15) is 0 Å². The van der Waals surface area contributed by atoms with Crippen LogP contribution >= 0.6 is 0 Å². The molecule has 0 saturated carbocycles. The molecule has 0 aromatic heterocycles. The Labute approximate surface area is 108 Å². The first kappa shape index (κ1) is 14.2. The lowest BCUT2D eigenvalue weighted by atomic mass is 10.1. The van der Waals surface area contributed by atoms with Gasteiger partial charge >= 0.3 is 0 Å². The van der Waals surface area contributed by atoms with E-state index < -0.39 is 11.7 Å². The third-order valence-electron chi connectivity index (χ3n) is 2.74. The average Bonchev–Trinajstić information content (AvgIpc) is 2.43. The SMILES string of the molecule is CCCCN(C)C(=O)C(=O)c1ccc(OC)cc1. The quantitative estimate of drug-likeness (QED) is 0.573. The molecule has 4 nitrogen and oxygen atoms in total. The summed E-state index contributed by atoms with van der Waals surface area (Å²) in [5, 5.41) is 0. The lowest BCUT2D eigenvalue weighted by Gasteiger charge is -2.15. The molecular weight excluding hydrogens is 230 g/mol. The van der Waals surface area contributed by atoms with Gasteiger partial charge in [-0.3, -0.25) is 9.59 Å². The average molecular weight is 249 g/mol. The molecule has 98 valence electrons. The van der Waals surface area contributed by atoms with Crippen molar-refractivity contribution >= 4 is 11.7 Å². The maximum Gasteiger partial charge on any atom is 0.294 e. The molecular formula is C14H19NO3. The molecule has 1 aromatic carbocycles. The molecule has 0 aliphatic carbocycles. The summed E-state index contributed by atoms with van der Waals surface area (Å²) in [7, 11) is 3.21. The maximum absolute atomic E-state index is 11.9. The first-order valence-electron chi connectivity index (χ1n) is 6.04. The number of hydrogen-bond donors (Lipinski definition) is 0. The lowest BCUT2D eigenvalue weighted by molar-refractivity contribution is -0.125. The summed E-state index contributed by atoms with van der Waals surface area (Å²) in [6.07, 6.45) is 1.90. The van der Waals surface area contributed by atoms with E-state index in [1.54, 1.807) is 38.4 Å². The number of methoxy groups -OCH3 is 1. The van der Waals surface area contributed by atoms with Gasteiger partial charge in [0.05, 0.1) is 7.11 Å². The number of amides is 1. The normalized spacial score (nSPS) is 9.94. The molecule has 1 aromatic rings. The van der Waals surface area contributed by atoms with Crippen LogP contribution in [-0.4, -0.2) is 37.3 Å². The number of likely N-dealkylation sites (N-methyl/N-ethyl adjacent to an activating group) is 1. The van der Waals surface area contributed by atoms with Crippen LogP contribution in [0.2, 0.25) is 0 Å². The van der Waals surface area contributed by atoms with Gasteiger partial charge in [-0.25, -0.2) is 0 Å². The molecule has 0 N–H and O–H groups in total. The zero-order chi connectivity index (χ0) is 13.5. The molecule has 18 heavy (non-hydrogen) atoms. The van der Waals surface area contributed by atoms with Crippen LogP contribution in [0.3, 0.4) is 0 Å². The van der Waals surface area contributed by atoms with E-state index in [1.165, 1.54) is 4.90 Å². The Morgan fingerprint density at radius 2 is 1.83 bits per heavy atom. The number of unbranched alkanes of at least 4 members (excludes halogenated alkanes) is 1. The van der Waals surface area contributed by atoms with Gasteiger partial charge in [0.15, 0.2) is 0 Å². The van der Waals surface area contributed by atoms with Crippen LogP contribution in [0.1, 0.15) is 30.1 Å². The molecule has 0 saturated heterocycles. The fourth-order valence-corrected chi connectivity index (χ4v) is 1.54. The third kappa shape index (κ3) is 3.58. The van der Waals surface area contributed by atoms with Crippen molar-refractivity contribution in [3.8, 4) is 5.75 Å². The van der Waals surface area contributed by atoms with Crippen LogP contribution in [0.25, 0.3) is 0 Å². The molecule has 0 radical (unpaired) electrons. The minimum atomic E-state index is -0.476. The number of rotatable bonds is 6. The van der Waals surface area contributed by atoms with Gasteiger partial charge < -0.3 is 9.64 Å². The van der Waals surface area contributed by atoms with Crippen molar-refractivity contribution in [3.63, 3.8) is 0 Å². The number of carbonyl (C=O) groups is 2. The second kappa shape index (κ2) is 6.79. The number of benzene rings is 1. The Bertz CT molecular complexity index is 412. The van der Waals surface area contributed by atoms with Crippen molar-refractivity contribution in [2.45, 2.75) is 19.8 Å². The van der Waals surface area contributed by atoms with Gasteiger partial charge in [0.1, 0.15) is 5.75 Å². The topological polar surface area (TPSA) is 46.6 Å². The van der Waals surface area contributed by atoms with E-state index in [2.05, 4.69) is 0 Å². The molecule has 0 heterocycles. The van der Waals surface area contributed by atoms with Crippen molar-refractivity contribution in [1.29, 1.82) is 0 Å². The summed E-state index contributed by atoms with van der Waals surface area (Å²) in [6, 6.07) is 6.55. The van der Waals surface area contributed by atoms with Gasteiger partial charge in [-0.15, -0.1) is 0 Å². The van der Waals surface area contributed by atoms with E-state index in [4.69, 9.17) is 4.74 Å². The maximum atomic E-state index is 11.9. The molecule has 0 bridgehead atoms. The summed E-state index contributed by atoms with van der Waals surface area (Å²) in [5.41, 5.74) is 0.393.